The van der Waals surface area contributed by atoms with Crippen molar-refractivity contribution in [3.8, 4) is 0 Å². The molecule has 0 amide bonds. The zero-order chi connectivity index (χ0) is 16.7. The fourth-order valence-corrected chi connectivity index (χ4v) is 3.13. The van der Waals surface area contributed by atoms with Crippen LogP contribution in [-0.4, -0.2) is 31.3 Å². The Labute approximate surface area is 136 Å². The van der Waals surface area contributed by atoms with E-state index >= 15 is 0 Å². The molecular weight excluding hydrogens is 317 g/mol. The van der Waals surface area contributed by atoms with Gasteiger partial charge in [0.15, 0.2) is 0 Å². The molecule has 0 saturated carbocycles. The third kappa shape index (κ3) is 2.57. The Balaban J connectivity index is 2.01. The maximum atomic E-state index is 13.1. The summed E-state index contributed by atoms with van der Waals surface area (Å²) in [5, 5.41) is 2.05. The molecule has 1 saturated heterocycles. The van der Waals surface area contributed by atoms with E-state index in [-0.39, 0.29) is 0 Å². The van der Waals surface area contributed by atoms with Crippen LogP contribution in [0.2, 0.25) is 0 Å². The van der Waals surface area contributed by atoms with Crippen LogP contribution in [0, 0.1) is 0 Å². The van der Waals surface area contributed by atoms with Gasteiger partial charge in [-0.15, -0.1) is 0 Å². The summed E-state index contributed by atoms with van der Waals surface area (Å²) in [5.74, 6) is 0.723. The Morgan fingerprint density at radius 2 is 1.67 bits per heavy atom. The second-order valence-electron chi connectivity index (χ2n) is 5.81. The first-order valence-corrected chi connectivity index (χ1v) is 7.76. The third-order valence-corrected chi connectivity index (χ3v) is 4.32. The zero-order valence-corrected chi connectivity index (χ0v) is 12.8. The predicted molar refractivity (Wildman–Crippen MR) is 87.3 cm³/mol. The van der Waals surface area contributed by atoms with Crippen LogP contribution in [0.5, 0.6) is 0 Å². The molecule has 1 aliphatic rings. The van der Waals surface area contributed by atoms with E-state index in [2.05, 4.69) is 4.90 Å². The average Bonchev–Trinajstić information content (AvgIpc) is 2.60. The van der Waals surface area contributed by atoms with E-state index in [4.69, 9.17) is 9.72 Å². The van der Waals surface area contributed by atoms with Crippen molar-refractivity contribution >= 4 is 27.5 Å². The minimum absolute atomic E-state index is 0.580. The average molecular weight is 332 g/mol. The van der Waals surface area contributed by atoms with Gasteiger partial charge in [0.2, 0.25) is 0 Å². The van der Waals surface area contributed by atoms with Crippen LogP contribution in [0.1, 0.15) is 5.56 Å². The van der Waals surface area contributed by atoms with Crippen molar-refractivity contribution in [3.05, 3.63) is 48.0 Å². The van der Waals surface area contributed by atoms with Crippen LogP contribution in [0.3, 0.4) is 0 Å². The van der Waals surface area contributed by atoms with Gasteiger partial charge in [0.25, 0.3) is 0 Å². The van der Waals surface area contributed by atoms with Gasteiger partial charge >= 0.3 is 6.18 Å². The zero-order valence-electron chi connectivity index (χ0n) is 12.8. The fourth-order valence-electron chi connectivity index (χ4n) is 3.13. The number of hydrogen-bond acceptors (Lipinski definition) is 3. The van der Waals surface area contributed by atoms with Crippen molar-refractivity contribution in [1.29, 1.82) is 0 Å². The molecule has 0 N–H and O–H groups in total. The summed E-state index contributed by atoms with van der Waals surface area (Å²) in [6, 6.07) is 11.2. The van der Waals surface area contributed by atoms with Gasteiger partial charge in [-0.25, -0.2) is 4.98 Å². The largest absolute Gasteiger partial charge is 0.416 e. The maximum absolute atomic E-state index is 13.1. The normalized spacial score (nSPS) is 16.0. The van der Waals surface area contributed by atoms with Crippen LogP contribution in [0.15, 0.2) is 42.5 Å². The summed E-state index contributed by atoms with van der Waals surface area (Å²) in [5.41, 5.74) is 0.0603. The SMILES string of the molecule is FC(F)(F)c1ccc2c(N3CCOCC3)nc3ccccc3c2c1. The molecule has 6 heteroatoms. The molecule has 0 atom stereocenters. The van der Waals surface area contributed by atoms with Crippen LogP contribution in [0.25, 0.3) is 21.7 Å². The molecule has 1 fully saturated rings. The van der Waals surface area contributed by atoms with Crippen LogP contribution < -0.4 is 4.90 Å². The minimum Gasteiger partial charge on any atom is -0.378 e. The van der Waals surface area contributed by atoms with Gasteiger partial charge in [-0.2, -0.15) is 13.2 Å². The molecular formula is C18H15F3N2O. The standard InChI is InChI=1S/C18H15F3N2O/c19-18(20,21)12-5-6-14-15(11-12)13-3-1-2-4-16(13)22-17(14)23-7-9-24-10-8-23/h1-6,11H,7-10H2. The second-order valence-corrected chi connectivity index (χ2v) is 5.81. The molecule has 124 valence electrons. The highest BCUT2D eigenvalue weighted by Gasteiger charge is 2.31. The Morgan fingerprint density at radius 1 is 0.917 bits per heavy atom. The molecule has 0 bridgehead atoms. The molecule has 0 unspecified atom stereocenters. The van der Waals surface area contributed by atoms with Crippen molar-refractivity contribution in [1.82, 2.24) is 4.98 Å². The molecule has 0 aliphatic carbocycles. The number of hydrogen-bond donors (Lipinski definition) is 0. The summed E-state index contributed by atoms with van der Waals surface area (Å²) in [7, 11) is 0. The number of ether oxygens (including phenoxy) is 1. The smallest absolute Gasteiger partial charge is 0.378 e. The van der Waals surface area contributed by atoms with Crippen molar-refractivity contribution in [2.45, 2.75) is 6.18 Å². The number of aromatic nitrogens is 1. The Kier molecular flexibility index (Phi) is 3.57. The van der Waals surface area contributed by atoms with E-state index in [1.807, 2.05) is 24.3 Å². The van der Waals surface area contributed by atoms with Gasteiger partial charge in [-0.1, -0.05) is 24.3 Å². The minimum atomic E-state index is -4.36. The molecule has 0 spiro atoms. The van der Waals surface area contributed by atoms with Gasteiger partial charge in [-0.05, 0) is 23.6 Å². The van der Waals surface area contributed by atoms with E-state index in [1.165, 1.54) is 12.1 Å². The molecule has 3 aromatic rings. The molecule has 4 rings (SSSR count). The molecule has 2 heterocycles. The van der Waals surface area contributed by atoms with E-state index < -0.39 is 11.7 Å². The monoisotopic (exact) mass is 332 g/mol. The van der Waals surface area contributed by atoms with E-state index in [1.54, 1.807) is 0 Å². The Hall–Kier alpha value is -2.34. The lowest BCUT2D eigenvalue weighted by Crippen LogP contribution is -2.36. The number of nitrogens with zero attached hydrogens (tertiary/aromatic N) is 2. The first-order chi connectivity index (χ1) is 11.5. The summed E-state index contributed by atoms with van der Waals surface area (Å²) in [6.45, 7) is 2.55. The van der Waals surface area contributed by atoms with Gasteiger partial charge in [0.05, 0.1) is 24.3 Å². The lowest BCUT2D eigenvalue weighted by Gasteiger charge is -2.29. The highest BCUT2D eigenvalue weighted by atomic mass is 19.4. The van der Waals surface area contributed by atoms with Crippen molar-refractivity contribution in [2.24, 2.45) is 0 Å². The number of anilines is 1. The lowest BCUT2D eigenvalue weighted by molar-refractivity contribution is -0.137. The summed E-state index contributed by atoms with van der Waals surface area (Å²) in [6.07, 6.45) is -4.36. The predicted octanol–water partition coefficient (Wildman–Crippen LogP) is 4.24. The van der Waals surface area contributed by atoms with E-state index in [9.17, 15) is 13.2 Å². The van der Waals surface area contributed by atoms with Gasteiger partial charge in [0, 0.05) is 23.9 Å². The molecule has 24 heavy (non-hydrogen) atoms. The second kappa shape index (κ2) is 5.63. The summed E-state index contributed by atoms with van der Waals surface area (Å²) >= 11 is 0. The van der Waals surface area contributed by atoms with E-state index in [0.717, 1.165) is 22.7 Å². The number of para-hydroxylation sites is 1. The number of pyridine rings is 1. The highest BCUT2D eigenvalue weighted by Crippen LogP contribution is 2.36. The Bertz CT molecular complexity index is 902. The number of alkyl halides is 3. The molecule has 1 aromatic heterocycles. The van der Waals surface area contributed by atoms with Crippen LogP contribution in [-0.2, 0) is 10.9 Å². The number of rotatable bonds is 1. The van der Waals surface area contributed by atoms with Crippen molar-refractivity contribution in [2.75, 3.05) is 31.2 Å². The lowest BCUT2D eigenvalue weighted by atomic mass is 10.0. The molecule has 2 aromatic carbocycles. The molecule has 3 nitrogen and oxygen atoms in total. The number of halogens is 3. The fraction of sp³-hybridized carbons (Fsp3) is 0.278. The quantitative estimate of drug-likeness (QED) is 0.623. The highest BCUT2D eigenvalue weighted by molar-refractivity contribution is 6.10. The van der Waals surface area contributed by atoms with E-state index in [0.29, 0.717) is 37.2 Å². The summed E-state index contributed by atoms with van der Waals surface area (Å²) < 4.78 is 44.8. The number of benzene rings is 2. The topological polar surface area (TPSA) is 25.4 Å². The van der Waals surface area contributed by atoms with Crippen molar-refractivity contribution in [3.63, 3.8) is 0 Å². The first kappa shape index (κ1) is 15.2. The third-order valence-electron chi connectivity index (χ3n) is 4.32. The Morgan fingerprint density at radius 3 is 2.42 bits per heavy atom. The summed E-state index contributed by atoms with van der Waals surface area (Å²) in [4.78, 5) is 6.78. The maximum Gasteiger partial charge on any atom is 0.416 e. The van der Waals surface area contributed by atoms with Gasteiger partial charge < -0.3 is 9.64 Å². The van der Waals surface area contributed by atoms with Crippen LogP contribution in [0.4, 0.5) is 19.0 Å². The first-order valence-electron chi connectivity index (χ1n) is 7.76. The number of fused-ring (bicyclic) bond motifs is 3. The van der Waals surface area contributed by atoms with Gasteiger partial charge in [-0.3, -0.25) is 0 Å². The molecule has 1 aliphatic heterocycles. The van der Waals surface area contributed by atoms with Crippen LogP contribution >= 0.6 is 0 Å². The van der Waals surface area contributed by atoms with Crippen molar-refractivity contribution < 1.29 is 17.9 Å². The van der Waals surface area contributed by atoms with Gasteiger partial charge in [0.1, 0.15) is 5.82 Å². The molecule has 0 radical (unpaired) electrons. The number of morpholine rings is 1.